The third-order valence-electron chi connectivity index (χ3n) is 1.62. The minimum absolute atomic E-state index is 0. The number of carboxylic acids is 1. The van der Waals surface area contributed by atoms with Gasteiger partial charge < -0.3 is 9.90 Å². The van der Waals surface area contributed by atoms with Crippen molar-refractivity contribution in [1.29, 1.82) is 0 Å². The van der Waals surface area contributed by atoms with E-state index in [-0.39, 0.29) is 35.1 Å². The second-order valence-corrected chi connectivity index (χ2v) is 2.70. The molecule has 0 aliphatic heterocycles. The van der Waals surface area contributed by atoms with Crippen LogP contribution in [0, 0.1) is 0 Å². The maximum atomic E-state index is 10.2. The van der Waals surface area contributed by atoms with Gasteiger partial charge in [-0.25, -0.2) is 0 Å². The largest absolute Gasteiger partial charge is 1.00 e. The van der Waals surface area contributed by atoms with Crippen LogP contribution in [-0.4, -0.2) is 5.97 Å². The van der Waals surface area contributed by atoms with Crippen molar-refractivity contribution in [2.45, 2.75) is 39.0 Å². The zero-order chi connectivity index (χ0) is 8.69. The number of unbranched alkanes of at least 4 members (excludes halogenated alkanes) is 3. The molecule has 0 radical (unpaired) electrons. The van der Waals surface area contributed by atoms with Crippen molar-refractivity contribution < 1.29 is 39.5 Å². The topological polar surface area (TPSA) is 40.1 Å². The Labute approximate surface area is 96.3 Å². The summed E-state index contributed by atoms with van der Waals surface area (Å²) in [5, 5.41) is 10.2. The second kappa shape index (κ2) is 9.30. The second-order valence-electron chi connectivity index (χ2n) is 2.70. The molecule has 64 valence electrons. The molecule has 0 unspecified atom stereocenters. The number of rotatable bonds is 6. The van der Waals surface area contributed by atoms with Crippen molar-refractivity contribution in [3.8, 4) is 0 Å². The molecule has 0 amide bonds. The molecule has 0 aromatic carbocycles. The zero-order valence-electron chi connectivity index (χ0n) is 8.06. The first kappa shape index (κ1) is 14.7. The van der Waals surface area contributed by atoms with E-state index in [0.29, 0.717) is 6.42 Å². The van der Waals surface area contributed by atoms with Gasteiger partial charge in [0.05, 0.1) is 5.97 Å². The van der Waals surface area contributed by atoms with Gasteiger partial charge in [0.2, 0.25) is 0 Å². The molecule has 2 nitrogen and oxygen atoms in total. The SMILES string of the molecule is C=C(CCCCCC)C(=O)[O-].[Na+]. The summed E-state index contributed by atoms with van der Waals surface area (Å²) in [5.74, 6) is -1.11. The minimum Gasteiger partial charge on any atom is -0.545 e. The first-order chi connectivity index (χ1) is 5.18. The Hall–Kier alpha value is 0.210. The minimum atomic E-state index is -1.11. The molecule has 0 rings (SSSR count). The molecule has 0 aromatic heterocycles. The number of hydrogen-bond donors (Lipinski definition) is 0. The number of hydrogen-bond acceptors (Lipinski definition) is 2. The molecule has 0 spiro atoms. The first-order valence-corrected chi connectivity index (χ1v) is 4.07. The van der Waals surface area contributed by atoms with Gasteiger partial charge in [0, 0.05) is 0 Å². The van der Waals surface area contributed by atoms with Crippen LogP contribution in [0.5, 0.6) is 0 Å². The smallest absolute Gasteiger partial charge is 0.545 e. The predicted molar refractivity (Wildman–Crippen MR) is 42.9 cm³/mol. The van der Waals surface area contributed by atoms with Crippen LogP contribution in [0.3, 0.4) is 0 Å². The fraction of sp³-hybridized carbons (Fsp3) is 0.667. The quantitative estimate of drug-likeness (QED) is 0.275. The fourth-order valence-corrected chi connectivity index (χ4v) is 0.867. The van der Waals surface area contributed by atoms with Gasteiger partial charge in [-0.05, 0) is 18.4 Å². The van der Waals surface area contributed by atoms with E-state index in [0.717, 1.165) is 19.3 Å². The van der Waals surface area contributed by atoms with Crippen molar-refractivity contribution >= 4 is 5.97 Å². The summed E-state index contributed by atoms with van der Waals surface area (Å²) in [6.07, 6.45) is 4.91. The molecular formula is C9H15NaO2. The van der Waals surface area contributed by atoms with Crippen molar-refractivity contribution in [3.63, 3.8) is 0 Å². The Bertz CT molecular complexity index is 143. The number of carboxylic acid groups (broad SMARTS) is 1. The van der Waals surface area contributed by atoms with E-state index in [1.165, 1.54) is 6.42 Å². The van der Waals surface area contributed by atoms with Crippen LogP contribution in [0.4, 0.5) is 0 Å². The molecule has 0 aromatic rings. The van der Waals surface area contributed by atoms with E-state index in [4.69, 9.17) is 0 Å². The van der Waals surface area contributed by atoms with Gasteiger partial charge in [0.15, 0.2) is 0 Å². The Morgan fingerprint density at radius 1 is 1.33 bits per heavy atom. The van der Waals surface area contributed by atoms with E-state index in [1.807, 2.05) is 0 Å². The third-order valence-corrected chi connectivity index (χ3v) is 1.62. The molecule has 0 N–H and O–H groups in total. The van der Waals surface area contributed by atoms with E-state index < -0.39 is 5.97 Å². The molecule has 0 saturated carbocycles. The van der Waals surface area contributed by atoms with Crippen molar-refractivity contribution in [2.24, 2.45) is 0 Å². The van der Waals surface area contributed by atoms with Crippen LogP contribution in [0.15, 0.2) is 12.2 Å². The first-order valence-electron chi connectivity index (χ1n) is 4.07. The molecular weight excluding hydrogens is 163 g/mol. The molecule has 12 heavy (non-hydrogen) atoms. The fourth-order valence-electron chi connectivity index (χ4n) is 0.867. The van der Waals surface area contributed by atoms with Crippen molar-refractivity contribution in [3.05, 3.63) is 12.2 Å². The normalized spacial score (nSPS) is 8.75. The number of carbonyl (C=O) groups excluding carboxylic acids is 1. The molecule has 0 heterocycles. The summed E-state index contributed by atoms with van der Waals surface area (Å²) in [6, 6.07) is 0. The van der Waals surface area contributed by atoms with Gasteiger partial charge in [0.1, 0.15) is 0 Å². The summed E-state index contributed by atoms with van der Waals surface area (Å²) < 4.78 is 0. The van der Waals surface area contributed by atoms with E-state index in [2.05, 4.69) is 13.5 Å². The van der Waals surface area contributed by atoms with Crippen LogP contribution >= 0.6 is 0 Å². The summed E-state index contributed by atoms with van der Waals surface area (Å²) in [4.78, 5) is 10.2. The van der Waals surface area contributed by atoms with E-state index in [9.17, 15) is 9.90 Å². The molecule has 0 bridgehead atoms. The van der Waals surface area contributed by atoms with Crippen LogP contribution in [-0.2, 0) is 4.79 Å². The summed E-state index contributed by atoms with van der Waals surface area (Å²) in [5.41, 5.74) is 0.223. The summed E-state index contributed by atoms with van der Waals surface area (Å²) in [7, 11) is 0. The number of aliphatic carboxylic acids is 1. The Morgan fingerprint density at radius 3 is 2.33 bits per heavy atom. The average Bonchev–Trinajstić information content (AvgIpc) is 1.97. The standard InChI is InChI=1S/C9H16O2.Na/c1-3-4-5-6-7-8(2)9(10)11;/h2-7H2,1H3,(H,10,11);/q;+1/p-1. The number of carbonyl (C=O) groups is 1. The maximum absolute atomic E-state index is 10.2. The average molecular weight is 178 g/mol. The van der Waals surface area contributed by atoms with Gasteiger partial charge in [0.25, 0.3) is 0 Å². The van der Waals surface area contributed by atoms with Crippen LogP contribution in [0.1, 0.15) is 39.0 Å². The Balaban J connectivity index is 0. The van der Waals surface area contributed by atoms with Gasteiger partial charge in [-0.1, -0.05) is 32.8 Å². The van der Waals surface area contributed by atoms with E-state index in [1.54, 1.807) is 0 Å². The summed E-state index contributed by atoms with van der Waals surface area (Å²) in [6.45, 7) is 5.51. The molecule has 0 fully saturated rings. The molecule has 0 aliphatic rings. The zero-order valence-corrected chi connectivity index (χ0v) is 10.1. The monoisotopic (exact) mass is 178 g/mol. The Morgan fingerprint density at radius 2 is 1.92 bits per heavy atom. The van der Waals surface area contributed by atoms with Crippen molar-refractivity contribution in [1.82, 2.24) is 0 Å². The Kier molecular flexibility index (Phi) is 11.4. The van der Waals surface area contributed by atoms with Gasteiger partial charge in [-0.2, -0.15) is 0 Å². The van der Waals surface area contributed by atoms with Gasteiger partial charge >= 0.3 is 29.6 Å². The van der Waals surface area contributed by atoms with E-state index >= 15 is 0 Å². The maximum Gasteiger partial charge on any atom is 1.00 e. The molecule has 0 atom stereocenters. The third kappa shape index (κ3) is 8.31. The van der Waals surface area contributed by atoms with Crippen LogP contribution in [0.25, 0.3) is 0 Å². The predicted octanol–water partition coefficient (Wildman–Crippen LogP) is -1.73. The molecule has 0 aliphatic carbocycles. The van der Waals surface area contributed by atoms with Crippen LogP contribution in [0.2, 0.25) is 0 Å². The summed E-state index contributed by atoms with van der Waals surface area (Å²) >= 11 is 0. The van der Waals surface area contributed by atoms with Crippen LogP contribution < -0.4 is 34.7 Å². The molecule has 0 saturated heterocycles. The van der Waals surface area contributed by atoms with Crippen molar-refractivity contribution in [2.75, 3.05) is 0 Å². The van der Waals surface area contributed by atoms with Gasteiger partial charge in [-0.15, -0.1) is 0 Å². The van der Waals surface area contributed by atoms with Gasteiger partial charge in [-0.3, -0.25) is 0 Å². The molecule has 3 heteroatoms.